The highest BCUT2D eigenvalue weighted by molar-refractivity contribution is 7.89. The second-order valence-corrected chi connectivity index (χ2v) is 7.24. The van der Waals surface area contributed by atoms with Gasteiger partial charge in [0.2, 0.25) is 10.0 Å². The summed E-state index contributed by atoms with van der Waals surface area (Å²) in [5.74, 6) is 0. The molecule has 0 saturated heterocycles. The summed E-state index contributed by atoms with van der Waals surface area (Å²) in [5, 5.41) is 8.37. The Bertz CT molecular complexity index is 473. The molecular weight excluding hydrogens is 248 g/mol. The summed E-state index contributed by atoms with van der Waals surface area (Å²) < 4.78 is 22.2. The number of rotatable bonds is 5. The molecule has 1 rings (SSSR count). The minimum Gasteiger partial charge on any atom is -0.313 e. The van der Waals surface area contributed by atoms with Gasteiger partial charge in [0.25, 0.3) is 0 Å². The van der Waals surface area contributed by atoms with Crippen molar-refractivity contribution in [1.82, 2.24) is 5.32 Å². The number of hydrogen-bond acceptors (Lipinski definition) is 3. The van der Waals surface area contributed by atoms with Crippen LogP contribution in [-0.4, -0.2) is 15.0 Å². The lowest BCUT2D eigenvalue weighted by atomic mass is 9.92. The summed E-state index contributed by atoms with van der Waals surface area (Å²) in [6.45, 7) is 8.29. The fourth-order valence-corrected chi connectivity index (χ4v) is 2.01. The quantitative estimate of drug-likeness (QED) is 0.802. The molecule has 0 aliphatic heterocycles. The smallest absolute Gasteiger partial charge is 0.238 e. The van der Waals surface area contributed by atoms with E-state index in [1.54, 1.807) is 12.1 Å². The Kier molecular flexibility index (Phi) is 4.90. The first kappa shape index (κ1) is 15.1. The summed E-state index contributed by atoms with van der Waals surface area (Å²) in [5.41, 5.74) is 1.38. The van der Waals surface area contributed by atoms with E-state index in [1.165, 1.54) is 12.1 Å². The van der Waals surface area contributed by atoms with E-state index in [9.17, 15) is 8.42 Å². The third kappa shape index (κ3) is 5.62. The van der Waals surface area contributed by atoms with Crippen LogP contribution in [0.5, 0.6) is 0 Å². The van der Waals surface area contributed by atoms with Gasteiger partial charge in [0, 0.05) is 6.54 Å². The molecule has 18 heavy (non-hydrogen) atoms. The lowest BCUT2D eigenvalue weighted by Gasteiger charge is -2.18. The monoisotopic (exact) mass is 270 g/mol. The van der Waals surface area contributed by atoms with E-state index in [0.717, 1.165) is 25.1 Å². The molecule has 0 amide bonds. The van der Waals surface area contributed by atoms with Crippen molar-refractivity contribution in [1.29, 1.82) is 0 Å². The van der Waals surface area contributed by atoms with Gasteiger partial charge in [-0.05, 0) is 36.1 Å². The first-order valence-electron chi connectivity index (χ1n) is 6.01. The maximum Gasteiger partial charge on any atom is 0.238 e. The summed E-state index contributed by atoms with van der Waals surface area (Å²) >= 11 is 0. The van der Waals surface area contributed by atoms with E-state index in [1.807, 2.05) is 0 Å². The molecule has 0 aliphatic rings. The number of nitrogens with two attached hydrogens (primary N) is 1. The van der Waals surface area contributed by atoms with E-state index in [-0.39, 0.29) is 4.90 Å². The highest BCUT2D eigenvalue weighted by atomic mass is 32.2. The zero-order valence-electron chi connectivity index (χ0n) is 11.2. The third-order valence-corrected chi connectivity index (χ3v) is 3.56. The molecule has 4 nitrogen and oxygen atoms in total. The molecule has 0 aromatic heterocycles. The number of nitrogens with one attached hydrogen (secondary N) is 1. The maximum atomic E-state index is 11.1. The fraction of sp³-hybridized carbons (Fsp3) is 0.538. The molecule has 0 unspecified atom stereocenters. The first-order valence-corrected chi connectivity index (χ1v) is 7.56. The van der Waals surface area contributed by atoms with Crippen LogP contribution in [0, 0.1) is 5.41 Å². The Morgan fingerprint density at radius 3 is 2.17 bits per heavy atom. The minimum absolute atomic E-state index is 0.154. The molecule has 0 aliphatic carbocycles. The zero-order chi connectivity index (χ0) is 13.8. The lowest BCUT2D eigenvalue weighted by Crippen LogP contribution is -2.20. The Morgan fingerprint density at radius 2 is 1.72 bits per heavy atom. The van der Waals surface area contributed by atoms with Gasteiger partial charge in [-0.1, -0.05) is 32.9 Å². The van der Waals surface area contributed by atoms with Gasteiger partial charge in [-0.3, -0.25) is 0 Å². The van der Waals surface area contributed by atoms with Crippen LogP contribution in [0.1, 0.15) is 32.8 Å². The van der Waals surface area contributed by atoms with Crippen LogP contribution in [-0.2, 0) is 16.6 Å². The van der Waals surface area contributed by atoms with Gasteiger partial charge in [-0.15, -0.1) is 0 Å². The maximum absolute atomic E-state index is 11.1. The predicted molar refractivity (Wildman–Crippen MR) is 73.6 cm³/mol. The van der Waals surface area contributed by atoms with Crippen molar-refractivity contribution < 1.29 is 8.42 Å². The number of primary sulfonamides is 1. The molecule has 3 N–H and O–H groups in total. The number of sulfonamides is 1. The molecule has 1 aromatic rings. The van der Waals surface area contributed by atoms with Crippen LogP contribution in [0.15, 0.2) is 29.2 Å². The molecule has 0 bridgehead atoms. The van der Waals surface area contributed by atoms with Crippen molar-refractivity contribution >= 4 is 10.0 Å². The second kappa shape index (κ2) is 5.82. The van der Waals surface area contributed by atoms with Crippen LogP contribution in [0.3, 0.4) is 0 Å². The van der Waals surface area contributed by atoms with Crippen molar-refractivity contribution in [3.63, 3.8) is 0 Å². The molecular formula is C13H22N2O2S. The molecule has 0 atom stereocenters. The van der Waals surface area contributed by atoms with Crippen molar-refractivity contribution in [3.05, 3.63) is 29.8 Å². The van der Waals surface area contributed by atoms with E-state index in [4.69, 9.17) is 5.14 Å². The molecule has 0 saturated carbocycles. The van der Waals surface area contributed by atoms with Gasteiger partial charge < -0.3 is 5.32 Å². The zero-order valence-corrected chi connectivity index (χ0v) is 12.0. The Labute approximate surface area is 110 Å². The van der Waals surface area contributed by atoms with Gasteiger partial charge in [0.1, 0.15) is 0 Å². The average molecular weight is 270 g/mol. The fourth-order valence-electron chi connectivity index (χ4n) is 1.49. The van der Waals surface area contributed by atoms with Crippen molar-refractivity contribution in [2.75, 3.05) is 6.54 Å². The van der Waals surface area contributed by atoms with Gasteiger partial charge in [-0.25, -0.2) is 13.6 Å². The van der Waals surface area contributed by atoms with Crippen LogP contribution < -0.4 is 10.5 Å². The normalized spacial score (nSPS) is 12.7. The van der Waals surface area contributed by atoms with Crippen LogP contribution in [0.2, 0.25) is 0 Å². The molecule has 0 fully saturated rings. The highest BCUT2D eigenvalue weighted by Gasteiger charge is 2.09. The van der Waals surface area contributed by atoms with Gasteiger partial charge >= 0.3 is 0 Å². The molecule has 102 valence electrons. The second-order valence-electron chi connectivity index (χ2n) is 5.68. The van der Waals surface area contributed by atoms with Gasteiger partial charge in [0.05, 0.1) is 4.90 Å². The van der Waals surface area contributed by atoms with E-state index in [0.29, 0.717) is 5.41 Å². The Hall–Kier alpha value is -0.910. The van der Waals surface area contributed by atoms with Crippen LogP contribution in [0.25, 0.3) is 0 Å². The summed E-state index contributed by atoms with van der Waals surface area (Å²) in [6.07, 6.45) is 1.10. The third-order valence-electron chi connectivity index (χ3n) is 2.63. The van der Waals surface area contributed by atoms with Crippen molar-refractivity contribution in [2.45, 2.75) is 38.6 Å². The van der Waals surface area contributed by atoms with E-state index >= 15 is 0 Å². The van der Waals surface area contributed by atoms with Gasteiger partial charge in [-0.2, -0.15) is 0 Å². The van der Waals surface area contributed by atoms with Crippen LogP contribution in [0.4, 0.5) is 0 Å². The lowest BCUT2D eigenvalue weighted by molar-refractivity contribution is 0.366. The predicted octanol–water partition coefficient (Wildman–Crippen LogP) is 1.86. The standard InChI is InChI=1S/C13H22N2O2S/c1-13(2,3)8-9-15-10-11-4-6-12(7-5-11)18(14,16)17/h4-7,15H,8-10H2,1-3H3,(H2,14,16,17). The van der Waals surface area contributed by atoms with Crippen molar-refractivity contribution in [2.24, 2.45) is 10.6 Å². The molecule has 5 heteroatoms. The summed E-state index contributed by atoms with van der Waals surface area (Å²) in [6, 6.07) is 6.64. The molecule has 0 spiro atoms. The van der Waals surface area contributed by atoms with E-state index < -0.39 is 10.0 Å². The van der Waals surface area contributed by atoms with Gasteiger partial charge in [0.15, 0.2) is 0 Å². The Balaban J connectivity index is 2.45. The molecule has 0 heterocycles. The first-order chi connectivity index (χ1) is 8.18. The minimum atomic E-state index is -3.58. The topological polar surface area (TPSA) is 72.2 Å². The number of benzene rings is 1. The average Bonchev–Trinajstić information content (AvgIpc) is 2.22. The SMILES string of the molecule is CC(C)(C)CCNCc1ccc(S(N)(=O)=O)cc1. The summed E-state index contributed by atoms with van der Waals surface area (Å²) in [7, 11) is -3.58. The number of hydrogen-bond donors (Lipinski definition) is 2. The summed E-state index contributed by atoms with van der Waals surface area (Å²) in [4.78, 5) is 0.154. The molecule has 1 aromatic carbocycles. The van der Waals surface area contributed by atoms with Crippen molar-refractivity contribution in [3.8, 4) is 0 Å². The molecule has 0 radical (unpaired) electrons. The Morgan fingerprint density at radius 1 is 1.17 bits per heavy atom. The highest BCUT2D eigenvalue weighted by Crippen LogP contribution is 2.17. The van der Waals surface area contributed by atoms with Crippen LogP contribution >= 0.6 is 0 Å². The van der Waals surface area contributed by atoms with E-state index in [2.05, 4.69) is 26.1 Å². The largest absolute Gasteiger partial charge is 0.313 e.